The van der Waals surface area contributed by atoms with E-state index in [1.807, 2.05) is 0 Å². The number of phosphoric acid groups is 1. The second-order valence-corrected chi connectivity index (χ2v) is 8.90. The minimum Gasteiger partial charge on any atom is -0.371 e. The van der Waals surface area contributed by atoms with Gasteiger partial charge in [-0.1, -0.05) is 0 Å². The van der Waals surface area contributed by atoms with Gasteiger partial charge in [-0.15, -0.1) is 0 Å². The molecule has 0 aromatic heterocycles. The summed E-state index contributed by atoms with van der Waals surface area (Å²) in [5.74, 6) is -30.7. The minimum absolute atomic E-state index is 0.163. The highest BCUT2D eigenvalue weighted by molar-refractivity contribution is 7.47. The molecule has 0 saturated carbocycles. The van der Waals surface area contributed by atoms with Crippen LogP contribution in [-0.2, 0) is 18.3 Å². The van der Waals surface area contributed by atoms with Gasteiger partial charge in [0.2, 0.25) is 6.17 Å². The first kappa shape index (κ1) is 34.9. The van der Waals surface area contributed by atoms with Gasteiger partial charge in [0, 0.05) is 0 Å². The van der Waals surface area contributed by atoms with Crippen LogP contribution in [0.1, 0.15) is 0 Å². The van der Waals surface area contributed by atoms with E-state index >= 15 is 0 Å². The Morgan fingerprint density at radius 3 is 1.55 bits per heavy atom. The van der Waals surface area contributed by atoms with Crippen molar-refractivity contribution in [2.75, 3.05) is 13.2 Å². The molecule has 0 radical (unpaired) electrons. The molecule has 1 aliphatic heterocycles. The fourth-order valence-electron chi connectivity index (χ4n) is 2.32. The number of halogens is 17. The summed E-state index contributed by atoms with van der Waals surface area (Å²) in [5, 5.41) is 0. The average molecular weight is 628 g/mol. The van der Waals surface area contributed by atoms with Crippen LogP contribution in [0.3, 0.4) is 0 Å². The van der Waals surface area contributed by atoms with Gasteiger partial charge in [0.05, 0.1) is 13.2 Å². The van der Waals surface area contributed by atoms with Gasteiger partial charge in [0.1, 0.15) is 6.10 Å². The molecular formula is C15H14F17O5P. The first-order valence-electron chi connectivity index (χ1n) is 9.42. The molecule has 38 heavy (non-hydrogen) atoms. The molecule has 1 N–H and O–H groups in total. The van der Waals surface area contributed by atoms with E-state index in [4.69, 9.17) is 4.89 Å². The van der Waals surface area contributed by atoms with Crippen LogP contribution in [0.5, 0.6) is 0 Å². The van der Waals surface area contributed by atoms with Crippen LogP contribution in [0, 0.1) is 0 Å². The molecule has 1 aliphatic rings. The molecule has 0 aromatic carbocycles. The average Bonchev–Trinajstić information content (AvgIpc) is 3.63. The van der Waals surface area contributed by atoms with Crippen LogP contribution in [0.15, 0.2) is 0 Å². The number of hydrogen-bond donors (Lipinski definition) is 1. The van der Waals surface area contributed by atoms with E-state index in [1.54, 1.807) is 0 Å². The zero-order valence-corrected chi connectivity index (χ0v) is 18.5. The van der Waals surface area contributed by atoms with Gasteiger partial charge in [-0.05, 0) is 0 Å². The number of rotatable bonds is 16. The van der Waals surface area contributed by atoms with Gasteiger partial charge in [-0.2, -0.15) is 35.1 Å². The van der Waals surface area contributed by atoms with Crippen molar-refractivity contribution in [2.45, 2.75) is 79.6 Å². The lowest BCUT2D eigenvalue weighted by molar-refractivity contribution is -0.397. The van der Waals surface area contributed by atoms with E-state index in [0.29, 0.717) is 0 Å². The highest BCUT2D eigenvalue weighted by Crippen LogP contribution is 2.58. The Morgan fingerprint density at radius 2 is 1.13 bits per heavy atom. The lowest BCUT2D eigenvalue weighted by Gasteiger charge is -2.39. The smallest absolute Gasteiger partial charge is 0.371 e. The highest BCUT2D eigenvalue weighted by Gasteiger charge is 2.85. The van der Waals surface area contributed by atoms with E-state index in [2.05, 4.69) is 13.8 Å². The summed E-state index contributed by atoms with van der Waals surface area (Å²) in [6.45, 7) is -1.19. The maximum Gasteiger partial charge on any atom is 0.475 e. The predicted molar refractivity (Wildman–Crippen MR) is 86.7 cm³/mol. The predicted octanol–water partition coefficient (Wildman–Crippen LogP) is 5.65. The molecule has 9 atom stereocenters. The van der Waals surface area contributed by atoms with Gasteiger partial charge in [-0.25, -0.2) is 48.6 Å². The van der Waals surface area contributed by atoms with Crippen molar-refractivity contribution in [3.05, 3.63) is 0 Å². The molecule has 0 bridgehead atoms. The van der Waals surface area contributed by atoms with E-state index in [9.17, 15) is 79.2 Å². The number of ether oxygens (including phenoxy) is 1. The van der Waals surface area contributed by atoms with Crippen molar-refractivity contribution < 1.29 is 97.9 Å². The van der Waals surface area contributed by atoms with E-state index in [0.717, 1.165) is 0 Å². The molecule has 228 valence electrons. The van der Waals surface area contributed by atoms with Gasteiger partial charge in [0.15, 0.2) is 30.9 Å². The van der Waals surface area contributed by atoms with Crippen molar-refractivity contribution in [1.82, 2.24) is 0 Å². The molecular weight excluding hydrogens is 614 g/mol. The minimum atomic E-state index is -7.98. The van der Waals surface area contributed by atoms with Crippen LogP contribution in [0.2, 0.25) is 0 Å². The van der Waals surface area contributed by atoms with E-state index < -0.39 is 94.0 Å². The van der Waals surface area contributed by atoms with Crippen molar-refractivity contribution >= 4 is 7.82 Å². The summed E-state index contributed by atoms with van der Waals surface area (Å²) in [7, 11) is -6.15. The summed E-state index contributed by atoms with van der Waals surface area (Å²) in [4.78, 5) is 8.96. The van der Waals surface area contributed by atoms with Gasteiger partial charge < -0.3 is 9.63 Å². The molecule has 0 amide bonds. The number of phosphoric ester groups is 1. The van der Waals surface area contributed by atoms with Gasteiger partial charge in [0.25, 0.3) is 12.8 Å². The SMILES string of the molecule is O=P(O)(OCC1CO1)OC(F)C(F)(F)C(F)(F)C(F)(F)C(F)(F)C(F)C(F)C(F)C(F)C(F)C(F)C(F)F. The zero-order chi connectivity index (χ0) is 30.2. The molecule has 23 heteroatoms. The standard InChI is InChI=1S/C15H14F17O5P/c16-4(6(18)8(20)10(22)23)5(17)7(19)9(21)12(25,26)14(29,30)15(31,32)13(27,28)11(24)37-38(33,34)36-2-3-1-35-3/h3-11H,1-2H2,(H,33,34). The molecule has 1 saturated heterocycles. The Labute approximate surface area is 199 Å². The Bertz CT molecular complexity index is 830. The molecule has 0 aromatic rings. The molecule has 1 heterocycles. The second-order valence-electron chi connectivity index (χ2n) is 7.49. The third-order valence-corrected chi connectivity index (χ3v) is 5.58. The maximum absolute atomic E-state index is 13.8. The normalized spacial score (nSPS) is 24.8. The topological polar surface area (TPSA) is 68.3 Å². The summed E-state index contributed by atoms with van der Waals surface area (Å²) in [6.07, 6.45) is -40.1. The quantitative estimate of drug-likeness (QED) is 0.136. The van der Waals surface area contributed by atoms with Crippen LogP contribution in [-0.4, -0.2) is 97.7 Å². The Hall–Kier alpha value is -1.12. The lowest BCUT2D eigenvalue weighted by Crippen LogP contribution is -2.68. The summed E-state index contributed by atoms with van der Waals surface area (Å²) in [6, 6.07) is 0. The Morgan fingerprint density at radius 1 is 0.737 bits per heavy atom. The van der Waals surface area contributed by atoms with Crippen LogP contribution in [0.25, 0.3) is 0 Å². The third-order valence-electron chi connectivity index (χ3n) is 4.65. The summed E-state index contributed by atoms with van der Waals surface area (Å²) < 4.78 is 250. The molecule has 5 nitrogen and oxygen atoms in total. The fraction of sp³-hybridized carbons (Fsp3) is 1.00. The fourth-order valence-corrected chi connectivity index (χ4v) is 3.10. The van der Waals surface area contributed by atoms with E-state index in [-0.39, 0.29) is 6.61 Å². The Balaban J connectivity index is 3.16. The molecule has 1 rings (SSSR count). The third kappa shape index (κ3) is 6.95. The van der Waals surface area contributed by atoms with Crippen molar-refractivity contribution in [3.63, 3.8) is 0 Å². The van der Waals surface area contributed by atoms with Gasteiger partial charge >= 0.3 is 31.5 Å². The molecule has 0 aliphatic carbocycles. The molecule has 9 unspecified atom stereocenters. The van der Waals surface area contributed by atoms with Crippen molar-refractivity contribution in [2.24, 2.45) is 0 Å². The molecule has 1 fully saturated rings. The maximum atomic E-state index is 13.8. The lowest BCUT2D eigenvalue weighted by atomic mass is 9.91. The first-order valence-corrected chi connectivity index (χ1v) is 10.9. The molecule has 0 spiro atoms. The van der Waals surface area contributed by atoms with Gasteiger partial charge in [-0.3, -0.25) is 4.52 Å². The van der Waals surface area contributed by atoms with Crippen LogP contribution < -0.4 is 0 Å². The number of epoxide rings is 1. The number of hydrogen-bond acceptors (Lipinski definition) is 4. The first-order chi connectivity index (χ1) is 16.9. The van der Waals surface area contributed by atoms with Crippen molar-refractivity contribution in [1.29, 1.82) is 0 Å². The van der Waals surface area contributed by atoms with E-state index in [1.165, 1.54) is 0 Å². The second kappa shape index (κ2) is 11.8. The summed E-state index contributed by atoms with van der Waals surface area (Å²) >= 11 is 0. The zero-order valence-electron chi connectivity index (χ0n) is 17.6. The highest BCUT2D eigenvalue weighted by atomic mass is 31.2. The monoisotopic (exact) mass is 628 g/mol. The van der Waals surface area contributed by atoms with Crippen LogP contribution in [0.4, 0.5) is 74.6 Å². The van der Waals surface area contributed by atoms with Crippen LogP contribution >= 0.6 is 7.82 Å². The summed E-state index contributed by atoms with van der Waals surface area (Å²) in [5.41, 5.74) is 0. The number of alkyl halides is 17. The Kier molecular flexibility index (Phi) is 10.8. The largest absolute Gasteiger partial charge is 0.475 e. The van der Waals surface area contributed by atoms with Crippen molar-refractivity contribution in [3.8, 4) is 0 Å².